The molecule has 0 unspecified atom stereocenters. The second-order valence-corrected chi connectivity index (χ2v) is 6.34. The van der Waals surface area contributed by atoms with Crippen LogP contribution in [0.25, 0.3) is 11.0 Å². The van der Waals surface area contributed by atoms with Gasteiger partial charge >= 0.3 is 0 Å². The first-order valence-corrected chi connectivity index (χ1v) is 8.14. The number of imidazole rings is 1. The molecule has 1 aromatic carbocycles. The standard InChI is InChI=1S/C18H21N5O2/c1-10-5-6-14-15(7-10)21-18(20-14)13(4)19-16(24)9-23-17(25)8-11(2)12(3)22-23/h5-8,13H,9H2,1-4H3,(H,19,24)(H,20,21)/t13-/m0/s1. The molecule has 0 radical (unpaired) electrons. The maximum atomic E-state index is 12.3. The fourth-order valence-corrected chi connectivity index (χ4v) is 2.63. The van der Waals surface area contributed by atoms with Crippen molar-refractivity contribution in [3.8, 4) is 0 Å². The van der Waals surface area contributed by atoms with Gasteiger partial charge in [0, 0.05) is 6.07 Å². The van der Waals surface area contributed by atoms with Crippen LogP contribution in [0.15, 0.2) is 29.1 Å². The molecule has 130 valence electrons. The van der Waals surface area contributed by atoms with Gasteiger partial charge in [-0.25, -0.2) is 9.67 Å². The number of amides is 1. The first kappa shape index (κ1) is 16.9. The number of nitrogens with one attached hydrogen (secondary N) is 2. The van der Waals surface area contributed by atoms with Gasteiger partial charge in [-0.2, -0.15) is 5.10 Å². The molecule has 0 bridgehead atoms. The van der Waals surface area contributed by atoms with E-state index in [1.165, 1.54) is 10.7 Å². The molecule has 7 heteroatoms. The highest BCUT2D eigenvalue weighted by Crippen LogP contribution is 2.17. The van der Waals surface area contributed by atoms with Crippen LogP contribution in [0, 0.1) is 20.8 Å². The summed E-state index contributed by atoms with van der Waals surface area (Å²) >= 11 is 0. The van der Waals surface area contributed by atoms with Gasteiger partial charge in [0.25, 0.3) is 5.56 Å². The quantitative estimate of drug-likeness (QED) is 0.759. The van der Waals surface area contributed by atoms with Crippen LogP contribution in [0.1, 0.15) is 35.6 Å². The van der Waals surface area contributed by atoms with Crippen molar-refractivity contribution in [1.29, 1.82) is 0 Å². The van der Waals surface area contributed by atoms with Crippen LogP contribution in [0.4, 0.5) is 0 Å². The van der Waals surface area contributed by atoms with Crippen molar-refractivity contribution < 1.29 is 4.79 Å². The van der Waals surface area contributed by atoms with Crippen molar-refractivity contribution in [2.75, 3.05) is 0 Å². The molecule has 0 saturated carbocycles. The van der Waals surface area contributed by atoms with E-state index in [2.05, 4.69) is 20.4 Å². The van der Waals surface area contributed by atoms with Gasteiger partial charge in [-0.15, -0.1) is 0 Å². The van der Waals surface area contributed by atoms with E-state index in [4.69, 9.17) is 0 Å². The molecule has 1 atom stereocenters. The van der Waals surface area contributed by atoms with Crippen molar-refractivity contribution in [3.05, 3.63) is 57.3 Å². The number of H-pyrrole nitrogens is 1. The van der Waals surface area contributed by atoms with Crippen LogP contribution in [-0.4, -0.2) is 25.7 Å². The molecule has 0 spiro atoms. The van der Waals surface area contributed by atoms with E-state index in [0.29, 0.717) is 5.82 Å². The summed E-state index contributed by atoms with van der Waals surface area (Å²) in [6.45, 7) is 7.36. The molecule has 0 aliphatic rings. The number of carbonyl (C=O) groups is 1. The van der Waals surface area contributed by atoms with Crippen LogP contribution >= 0.6 is 0 Å². The van der Waals surface area contributed by atoms with Gasteiger partial charge in [-0.3, -0.25) is 9.59 Å². The fourth-order valence-electron chi connectivity index (χ4n) is 2.63. The summed E-state index contributed by atoms with van der Waals surface area (Å²) in [5.74, 6) is 0.385. The Morgan fingerprint density at radius 1 is 1.28 bits per heavy atom. The number of fused-ring (bicyclic) bond motifs is 1. The van der Waals surface area contributed by atoms with Crippen molar-refractivity contribution in [3.63, 3.8) is 0 Å². The number of aromatic amines is 1. The number of nitrogens with zero attached hydrogens (tertiary/aromatic N) is 3. The van der Waals surface area contributed by atoms with E-state index in [-0.39, 0.29) is 24.1 Å². The van der Waals surface area contributed by atoms with Crippen LogP contribution in [-0.2, 0) is 11.3 Å². The van der Waals surface area contributed by atoms with E-state index in [1.807, 2.05) is 45.9 Å². The smallest absolute Gasteiger partial charge is 0.267 e. The molecule has 0 fully saturated rings. The molecule has 0 saturated heterocycles. The Bertz CT molecular complexity index is 1000. The highest BCUT2D eigenvalue weighted by atomic mass is 16.2. The molecule has 2 heterocycles. The number of benzene rings is 1. The number of aromatic nitrogens is 4. The number of aryl methyl sites for hydroxylation is 3. The molecule has 3 rings (SSSR count). The molecule has 2 aromatic heterocycles. The van der Waals surface area contributed by atoms with Gasteiger partial charge in [-0.1, -0.05) is 6.07 Å². The number of carbonyl (C=O) groups excluding carboxylic acids is 1. The summed E-state index contributed by atoms with van der Waals surface area (Å²) < 4.78 is 1.17. The Kier molecular flexibility index (Phi) is 4.39. The zero-order chi connectivity index (χ0) is 18.1. The van der Waals surface area contributed by atoms with Crippen molar-refractivity contribution in [2.24, 2.45) is 0 Å². The van der Waals surface area contributed by atoms with Crippen molar-refractivity contribution in [2.45, 2.75) is 40.3 Å². The third-order valence-corrected chi connectivity index (χ3v) is 4.17. The average Bonchev–Trinajstić information content (AvgIpc) is 2.95. The molecule has 0 aliphatic heterocycles. The maximum Gasteiger partial charge on any atom is 0.267 e. The maximum absolute atomic E-state index is 12.3. The molecular weight excluding hydrogens is 318 g/mol. The predicted octanol–water partition coefficient (Wildman–Crippen LogP) is 1.92. The van der Waals surface area contributed by atoms with E-state index >= 15 is 0 Å². The number of rotatable bonds is 4. The highest BCUT2D eigenvalue weighted by molar-refractivity contribution is 5.77. The van der Waals surface area contributed by atoms with E-state index in [0.717, 1.165) is 27.9 Å². The fraction of sp³-hybridized carbons (Fsp3) is 0.333. The van der Waals surface area contributed by atoms with Gasteiger partial charge in [0.05, 0.1) is 22.8 Å². The Morgan fingerprint density at radius 2 is 2.04 bits per heavy atom. The van der Waals surface area contributed by atoms with Crippen molar-refractivity contribution >= 4 is 16.9 Å². The lowest BCUT2D eigenvalue weighted by Gasteiger charge is -2.12. The van der Waals surface area contributed by atoms with Gasteiger partial charge in [0.2, 0.25) is 5.91 Å². The molecule has 0 aliphatic carbocycles. The molecule has 3 aromatic rings. The monoisotopic (exact) mass is 339 g/mol. The van der Waals surface area contributed by atoms with Crippen LogP contribution < -0.4 is 10.9 Å². The summed E-state index contributed by atoms with van der Waals surface area (Å²) in [6, 6.07) is 7.13. The summed E-state index contributed by atoms with van der Waals surface area (Å²) in [6.07, 6.45) is 0. The summed E-state index contributed by atoms with van der Waals surface area (Å²) in [7, 11) is 0. The third-order valence-electron chi connectivity index (χ3n) is 4.17. The second kappa shape index (κ2) is 6.51. The molecule has 1 amide bonds. The predicted molar refractivity (Wildman–Crippen MR) is 95.4 cm³/mol. The summed E-state index contributed by atoms with van der Waals surface area (Å²) in [5.41, 5.74) is 4.18. The van der Waals surface area contributed by atoms with E-state index in [9.17, 15) is 9.59 Å². The largest absolute Gasteiger partial charge is 0.345 e. The van der Waals surface area contributed by atoms with E-state index in [1.54, 1.807) is 0 Å². The van der Waals surface area contributed by atoms with E-state index < -0.39 is 0 Å². The van der Waals surface area contributed by atoms with Crippen molar-refractivity contribution in [1.82, 2.24) is 25.1 Å². The second-order valence-electron chi connectivity index (χ2n) is 6.34. The van der Waals surface area contributed by atoms with Crippen LogP contribution in [0.2, 0.25) is 0 Å². The molecule has 2 N–H and O–H groups in total. The SMILES string of the molecule is Cc1ccc2nc([C@H](C)NC(=O)Cn3nc(C)c(C)cc3=O)[nH]c2c1. The lowest BCUT2D eigenvalue weighted by molar-refractivity contribution is -0.122. The zero-order valence-electron chi connectivity index (χ0n) is 14.8. The lowest BCUT2D eigenvalue weighted by atomic mass is 10.2. The van der Waals surface area contributed by atoms with Gasteiger partial charge in [0.1, 0.15) is 12.4 Å². The lowest BCUT2D eigenvalue weighted by Crippen LogP contribution is -2.35. The van der Waals surface area contributed by atoms with Gasteiger partial charge in [0.15, 0.2) is 0 Å². The summed E-state index contributed by atoms with van der Waals surface area (Å²) in [5, 5.41) is 7.01. The first-order valence-electron chi connectivity index (χ1n) is 8.14. The Labute approximate surface area is 145 Å². The molecule has 7 nitrogen and oxygen atoms in total. The Balaban J connectivity index is 1.73. The zero-order valence-corrected chi connectivity index (χ0v) is 14.8. The summed E-state index contributed by atoms with van der Waals surface area (Å²) in [4.78, 5) is 31.9. The normalized spacial score (nSPS) is 12.3. The third kappa shape index (κ3) is 3.60. The first-order chi connectivity index (χ1) is 11.8. The minimum absolute atomic E-state index is 0.121. The van der Waals surface area contributed by atoms with Gasteiger partial charge < -0.3 is 10.3 Å². The van der Waals surface area contributed by atoms with Crippen LogP contribution in [0.3, 0.4) is 0 Å². The number of hydrogen-bond acceptors (Lipinski definition) is 4. The Hall–Kier alpha value is -2.96. The minimum Gasteiger partial charge on any atom is -0.345 e. The average molecular weight is 339 g/mol. The topological polar surface area (TPSA) is 92.7 Å². The highest BCUT2D eigenvalue weighted by Gasteiger charge is 2.15. The Morgan fingerprint density at radius 3 is 2.80 bits per heavy atom. The minimum atomic E-state index is -0.303. The molecular formula is C18H21N5O2. The number of hydrogen-bond donors (Lipinski definition) is 2. The van der Waals surface area contributed by atoms with Crippen LogP contribution in [0.5, 0.6) is 0 Å². The van der Waals surface area contributed by atoms with Gasteiger partial charge in [-0.05, 0) is 51.0 Å². The molecule has 25 heavy (non-hydrogen) atoms.